The summed E-state index contributed by atoms with van der Waals surface area (Å²) in [6, 6.07) is 0.335. The smallest absolute Gasteiger partial charge is 0.0191 e. The normalized spacial score (nSPS) is 21.0. The molecule has 0 aromatic carbocycles. The van der Waals surface area contributed by atoms with Gasteiger partial charge in [0.05, 0.1) is 0 Å². The molecule has 0 heterocycles. The Kier molecular flexibility index (Phi) is 4.90. The third kappa shape index (κ3) is 3.97. The Morgan fingerprint density at radius 1 is 1.29 bits per heavy atom. The third-order valence-electron chi connectivity index (χ3n) is 3.42. The lowest BCUT2D eigenvalue weighted by Crippen LogP contribution is -2.40. The van der Waals surface area contributed by atoms with E-state index >= 15 is 0 Å². The summed E-state index contributed by atoms with van der Waals surface area (Å²) in [6.45, 7) is 6.71. The Bertz CT molecular complexity index is 146. The van der Waals surface area contributed by atoms with Crippen LogP contribution in [0.4, 0.5) is 0 Å². The number of nitrogens with zero attached hydrogens (tertiary/aromatic N) is 1. The number of rotatable bonds is 5. The van der Waals surface area contributed by atoms with Crippen LogP contribution in [-0.4, -0.2) is 31.1 Å². The third-order valence-corrected chi connectivity index (χ3v) is 3.42. The Hall–Kier alpha value is -0.0800. The highest BCUT2D eigenvalue weighted by atomic mass is 15.1. The van der Waals surface area contributed by atoms with E-state index in [0.717, 1.165) is 12.5 Å². The van der Waals surface area contributed by atoms with Crippen LogP contribution in [0, 0.1) is 11.8 Å². The first-order valence-electron chi connectivity index (χ1n) is 6.03. The van der Waals surface area contributed by atoms with Crippen molar-refractivity contribution >= 4 is 0 Å². The standard InChI is InChI=1S/C12H26N2/c1-10(2)12(13)9-14(3)8-11-6-4-5-7-11/h10-12H,4-9,13H2,1-3H3. The van der Waals surface area contributed by atoms with Gasteiger partial charge in [0, 0.05) is 19.1 Å². The molecule has 0 aliphatic heterocycles. The predicted octanol–water partition coefficient (Wildman–Crippen LogP) is 2.09. The van der Waals surface area contributed by atoms with Crippen LogP contribution in [0.15, 0.2) is 0 Å². The molecule has 0 aromatic heterocycles. The van der Waals surface area contributed by atoms with Crippen LogP contribution in [0.1, 0.15) is 39.5 Å². The number of hydrogen-bond donors (Lipinski definition) is 1. The Balaban J connectivity index is 2.17. The summed E-state index contributed by atoms with van der Waals surface area (Å²) in [5.41, 5.74) is 6.05. The van der Waals surface area contributed by atoms with E-state index in [1.54, 1.807) is 0 Å². The van der Waals surface area contributed by atoms with Crippen LogP contribution in [0.3, 0.4) is 0 Å². The van der Waals surface area contributed by atoms with Crippen molar-refractivity contribution < 1.29 is 0 Å². The highest BCUT2D eigenvalue weighted by Crippen LogP contribution is 2.25. The molecule has 0 aromatic rings. The van der Waals surface area contributed by atoms with Gasteiger partial charge < -0.3 is 10.6 Å². The number of hydrogen-bond acceptors (Lipinski definition) is 2. The largest absolute Gasteiger partial charge is 0.326 e. The molecule has 0 radical (unpaired) electrons. The summed E-state index contributed by atoms with van der Waals surface area (Å²) in [7, 11) is 2.21. The number of nitrogens with two attached hydrogens (primary N) is 1. The molecule has 1 aliphatic carbocycles. The van der Waals surface area contributed by atoms with Crippen molar-refractivity contribution in [2.24, 2.45) is 17.6 Å². The lowest BCUT2D eigenvalue weighted by molar-refractivity contribution is 0.245. The van der Waals surface area contributed by atoms with Crippen LogP contribution < -0.4 is 5.73 Å². The molecule has 0 amide bonds. The fraction of sp³-hybridized carbons (Fsp3) is 1.00. The van der Waals surface area contributed by atoms with Crippen LogP contribution in [-0.2, 0) is 0 Å². The molecule has 0 spiro atoms. The molecule has 1 atom stereocenters. The summed E-state index contributed by atoms with van der Waals surface area (Å²) < 4.78 is 0. The molecule has 1 fully saturated rings. The quantitative estimate of drug-likeness (QED) is 0.733. The molecule has 1 rings (SSSR count). The van der Waals surface area contributed by atoms with Gasteiger partial charge in [-0.2, -0.15) is 0 Å². The topological polar surface area (TPSA) is 29.3 Å². The Morgan fingerprint density at radius 3 is 2.36 bits per heavy atom. The summed E-state index contributed by atoms with van der Waals surface area (Å²) in [6.07, 6.45) is 5.74. The van der Waals surface area contributed by atoms with E-state index in [9.17, 15) is 0 Å². The second-order valence-electron chi connectivity index (χ2n) is 5.28. The second-order valence-corrected chi connectivity index (χ2v) is 5.28. The highest BCUT2D eigenvalue weighted by molar-refractivity contribution is 4.74. The van der Waals surface area contributed by atoms with Crippen molar-refractivity contribution in [1.82, 2.24) is 4.90 Å². The summed E-state index contributed by atoms with van der Waals surface area (Å²) in [4.78, 5) is 2.42. The van der Waals surface area contributed by atoms with Crippen molar-refractivity contribution in [2.75, 3.05) is 20.1 Å². The van der Waals surface area contributed by atoms with Gasteiger partial charge in [-0.05, 0) is 31.7 Å². The molecular weight excluding hydrogens is 172 g/mol. The van der Waals surface area contributed by atoms with E-state index in [-0.39, 0.29) is 0 Å². The first kappa shape index (κ1) is 12.0. The van der Waals surface area contributed by atoms with Crippen LogP contribution in [0.2, 0.25) is 0 Å². The van der Waals surface area contributed by atoms with Gasteiger partial charge in [0.15, 0.2) is 0 Å². The molecule has 1 saturated carbocycles. The predicted molar refractivity (Wildman–Crippen MR) is 62.3 cm³/mol. The van der Waals surface area contributed by atoms with Gasteiger partial charge in [-0.15, -0.1) is 0 Å². The molecule has 2 nitrogen and oxygen atoms in total. The SMILES string of the molecule is CC(C)C(N)CN(C)CC1CCCC1. The first-order valence-corrected chi connectivity index (χ1v) is 6.03. The van der Waals surface area contributed by atoms with E-state index < -0.39 is 0 Å². The minimum absolute atomic E-state index is 0.335. The average Bonchev–Trinajstić information content (AvgIpc) is 2.56. The maximum Gasteiger partial charge on any atom is 0.0191 e. The van der Waals surface area contributed by atoms with Gasteiger partial charge in [-0.25, -0.2) is 0 Å². The minimum Gasteiger partial charge on any atom is -0.326 e. The molecule has 0 saturated heterocycles. The van der Waals surface area contributed by atoms with Gasteiger partial charge in [-0.1, -0.05) is 26.7 Å². The van der Waals surface area contributed by atoms with Crippen molar-refractivity contribution in [3.8, 4) is 0 Å². The monoisotopic (exact) mass is 198 g/mol. The zero-order valence-corrected chi connectivity index (χ0v) is 10.00. The maximum atomic E-state index is 6.05. The Labute approximate surface area is 88.8 Å². The van der Waals surface area contributed by atoms with Crippen LogP contribution >= 0.6 is 0 Å². The summed E-state index contributed by atoms with van der Waals surface area (Å²) in [5, 5.41) is 0. The lowest BCUT2D eigenvalue weighted by Gasteiger charge is -2.25. The molecule has 1 unspecified atom stereocenters. The zero-order valence-electron chi connectivity index (χ0n) is 10.00. The van der Waals surface area contributed by atoms with Gasteiger partial charge in [0.1, 0.15) is 0 Å². The Morgan fingerprint density at radius 2 is 1.86 bits per heavy atom. The van der Waals surface area contributed by atoms with Gasteiger partial charge in [0.25, 0.3) is 0 Å². The van der Waals surface area contributed by atoms with Crippen LogP contribution in [0.25, 0.3) is 0 Å². The lowest BCUT2D eigenvalue weighted by atomic mass is 10.0. The van der Waals surface area contributed by atoms with E-state index in [4.69, 9.17) is 5.73 Å². The first-order chi connectivity index (χ1) is 6.59. The van der Waals surface area contributed by atoms with Gasteiger partial charge in [-0.3, -0.25) is 0 Å². The fourth-order valence-corrected chi connectivity index (χ4v) is 2.28. The molecule has 2 N–H and O–H groups in total. The van der Waals surface area contributed by atoms with Crippen molar-refractivity contribution in [3.05, 3.63) is 0 Å². The highest BCUT2D eigenvalue weighted by Gasteiger charge is 2.18. The van der Waals surface area contributed by atoms with Crippen molar-refractivity contribution in [3.63, 3.8) is 0 Å². The number of likely N-dealkylation sites (N-methyl/N-ethyl adjacent to an activating group) is 1. The minimum atomic E-state index is 0.335. The van der Waals surface area contributed by atoms with E-state index in [2.05, 4.69) is 25.8 Å². The summed E-state index contributed by atoms with van der Waals surface area (Å²) in [5.74, 6) is 1.54. The van der Waals surface area contributed by atoms with E-state index in [1.807, 2.05) is 0 Å². The average molecular weight is 198 g/mol. The summed E-state index contributed by atoms with van der Waals surface area (Å²) >= 11 is 0. The van der Waals surface area contributed by atoms with Crippen LogP contribution in [0.5, 0.6) is 0 Å². The molecule has 2 heteroatoms. The molecular formula is C12H26N2. The molecule has 1 aliphatic rings. The second kappa shape index (κ2) is 5.72. The van der Waals surface area contributed by atoms with Crippen molar-refractivity contribution in [1.29, 1.82) is 0 Å². The maximum absolute atomic E-state index is 6.05. The van der Waals surface area contributed by atoms with E-state index in [1.165, 1.54) is 32.2 Å². The zero-order chi connectivity index (χ0) is 10.6. The molecule has 0 bridgehead atoms. The van der Waals surface area contributed by atoms with Gasteiger partial charge in [0.2, 0.25) is 0 Å². The molecule has 14 heavy (non-hydrogen) atoms. The fourth-order valence-electron chi connectivity index (χ4n) is 2.28. The van der Waals surface area contributed by atoms with Crippen molar-refractivity contribution in [2.45, 2.75) is 45.6 Å². The molecule has 84 valence electrons. The van der Waals surface area contributed by atoms with E-state index in [0.29, 0.717) is 12.0 Å². The van der Waals surface area contributed by atoms with Gasteiger partial charge >= 0.3 is 0 Å².